The zero-order valence-electron chi connectivity index (χ0n) is 17.7. The monoisotopic (exact) mass is 412 g/mol. The van der Waals surface area contributed by atoms with Crippen LogP contribution in [0.2, 0.25) is 0 Å². The summed E-state index contributed by atoms with van der Waals surface area (Å²) in [5, 5.41) is 1.31. The Morgan fingerprint density at radius 3 is 2.66 bits per heavy atom. The van der Waals surface area contributed by atoms with Crippen LogP contribution in [0.4, 0.5) is 5.82 Å². The number of nitrogens with zero attached hydrogens (tertiary/aromatic N) is 4. The molecule has 0 aromatic carbocycles. The molecule has 1 aliphatic heterocycles. The normalized spacial score (nSPS) is 22.0. The van der Waals surface area contributed by atoms with Crippen LogP contribution in [0.1, 0.15) is 74.6 Å². The molecule has 1 atom stereocenters. The molecular weight excluding hydrogens is 380 g/mol. The number of amides is 1. The number of aromatic nitrogens is 2. The minimum absolute atomic E-state index is 0.0903. The van der Waals surface area contributed by atoms with E-state index in [2.05, 4.69) is 18.7 Å². The third kappa shape index (κ3) is 3.54. The molecule has 6 heteroatoms. The van der Waals surface area contributed by atoms with Crippen molar-refractivity contribution in [1.29, 1.82) is 0 Å². The summed E-state index contributed by atoms with van der Waals surface area (Å²) in [4.78, 5) is 30.3. The molecule has 2 aliphatic carbocycles. The van der Waals surface area contributed by atoms with Gasteiger partial charge in [-0.3, -0.25) is 4.79 Å². The number of carbonyl (C=O) groups is 1. The predicted molar refractivity (Wildman–Crippen MR) is 119 cm³/mol. The fourth-order valence-corrected chi connectivity index (χ4v) is 6.33. The number of piperidine rings is 1. The highest BCUT2D eigenvalue weighted by Gasteiger charge is 2.34. The topological polar surface area (TPSA) is 49.3 Å². The molecule has 29 heavy (non-hydrogen) atoms. The van der Waals surface area contributed by atoms with Crippen LogP contribution in [-0.4, -0.2) is 47.0 Å². The standard InChI is InChI=1S/C23H32N4OS/c1-3-26(4-2)23(28)16-8-7-13-27(14-16)21-19-17-9-5-6-10-18(17)29-22(19)25-20(24-21)15-11-12-15/h15-16H,3-14H2,1-2H3. The van der Waals surface area contributed by atoms with E-state index < -0.39 is 0 Å². The third-order valence-electron chi connectivity index (χ3n) is 6.90. The average molecular weight is 413 g/mol. The number of fused-ring (bicyclic) bond motifs is 3. The van der Waals surface area contributed by atoms with Crippen LogP contribution in [0.5, 0.6) is 0 Å². The van der Waals surface area contributed by atoms with E-state index in [9.17, 15) is 4.79 Å². The summed E-state index contributed by atoms with van der Waals surface area (Å²) in [6.07, 6.45) is 9.42. The fourth-order valence-electron chi connectivity index (χ4n) is 5.07. The first-order chi connectivity index (χ1) is 14.2. The Kier molecular flexibility index (Phi) is 5.23. The zero-order chi connectivity index (χ0) is 20.0. The fraction of sp³-hybridized carbons (Fsp3) is 0.696. The van der Waals surface area contributed by atoms with Crippen molar-refractivity contribution < 1.29 is 4.79 Å². The van der Waals surface area contributed by atoms with Gasteiger partial charge in [0.1, 0.15) is 16.5 Å². The van der Waals surface area contributed by atoms with E-state index in [1.807, 2.05) is 16.2 Å². The number of aryl methyl sites for hydroxylation is 2. The number of anilines is 1. The minimum atomic E-state index is 0.0903. The molecule has 3 heterocycles. The lowest BCUT2D eigenvalue weighted by molar-refractivity contribution is -0.135. The van der Waals surface area contributed by atoms with Crippen molar-refractivity contribution in [2.45, 2.75) is 71.1 Å². The summed E-state index contributed by atoms with van der Waals surface area (Å²) in [5.74, 6) is 3.14. The van der Waals surface area contributed by atoms with Gasteiger partial charge in [0.2, 0.25) is 5.91 Å². The van der Waals surface area contributed by atoms with E-state index >= 15 is 0 Å². The molecule has 2 aromatic rings. The maximum absolute atomic E-state index is 13.0. The molecule has 5 rings (SSSR count). The molecule has 156 valence electrons. The maximum atomic E-state index is 13.0. The van der Waals surface area contributed by atoms with Crippen molar-refractivity contribution in [3.63, 3.8) is 0 Å². The van der Waals surface area contributed by atoms with Gasteiger partial charge in [0.05, 0.1) is 11.3 Å². The van der Waals surface area contributed by atoms with Crippen LogP contribution in [-0.2, 0) is 17.6 Å². The number of rotatable bonds is 5. The van der Waals surface area contributed by atoms with Crippen molar-refractivity contribution >= 4 is 33.3 Å². The highest BCUT2D eigenvalue weighted by atomic mass is 32.1. The molecule has 1 saturated carbocycles. The van der Waals surface area contributed by atoms with Gasteiger partial charge >= 0.3 is 0 Å². The molecule has 0 spiro atoms. The van der Waals surface area contributed by atoms with E-state index in [0.717, 1.165) is 57.1 Å². The molecule has 5 nitrogen and oxygen atoms in total. The lowest BCUT2D eigenvalue weighted by Gasteiger charge is -2.35. The van der Waals surface area contributed by atoms with E-state index in [-0.39, 0.29) is 5.92 Å². The Bertz CT molecular complexity index is 915. The van der Waals surface area contributed by atoms with Gasteiger partial charge in [-0.1, -0.05) is 0 Å². The summed E-state index contributed by atoms with van der Waals surface area (Å²) >= 11 is 1.90. The zero-order valence-corrected chi connectivity index (χ0v) is 18.6. The molecule has 2 fully saturated rings. The van der Waals surface area contributed by atoms with Crippen LogP contribution >= 0.6 is 11.3 Å². The third-order valence-corrected chi connectivity index (χ3v) is 8.09. The first kappa shape index (κ1) is 19.3. The molecule has 0 N–H and O–H groups in total. The summed E-state index contributed by atoms with van der Waals surface area (Å²) in [5.41, 5.74) is 1.51. The Hall–Kier alpha value is -1.69. The van der Waals surface area contributed by atoms with Gasteiger partial charge in [-0.05, 0) is 70.8 Å². The van der Waals surface area contributed by atoms with Crippen LogP contribution in [0.25, 0.3) is 10.2 Å². The molecule has 1 unspecified atom stereocenters. The van der Waals surface area contributed by atoms with Gasteiger partial charge in [-0.25, -0.2) is 9.97 Å². The van der Waals surface area contributed by atoms with E-state index in [1.54, 1.807) is 0 Å². The summed E-state index contributed by atoms with van der Waals surface area (Å²) < 4.78 is 0. The van der Waals surface area contributed by atoms with E-state index in [1.165, 1.54) is 52.8 Å². The lowest BCUT2D eigenvalue weighted by Crippen LogP contribution is -2.45. The van der Waals surface area contributed by atoms with Crippen molar-refractivity contribution in [2.24, 2.45) is 5.92 Å². The van der Waals surface area contributed by atoms with Crippen molar-refractivity contribution in [2.75, 3.05) is 31.1 Å². The van der Waals surface area contributed by atoms with Crippen LogP contribution in [0.3, 0.4) is 0 Å². The van der Waals surface area contributed by atoms with Gasteiger partial charge in [0.15, 0.2) is 0 Å². The predicted octanol–water partition coefficient (Wildman–Crippen LogP) is 4.53. The summed E-state index contributed by atoms with van der Waals surface area (Å²) in [6.45, 7) is 7.56. The molecule has 1 saturated heterocycles. The quantitative estimate of drug-likeness (QED) is 0.724. The lowest BCUT2D eigenvalue weighted by atomic mass is 9.94. The Balaban J connectivity index is 1.53. The molecule has 1 amide bonds. The molecule has 2 aromatic heterocycles. The second kappa shape index (κ2) is 7.86. The number of thiophene rings is 1. The summed E-state index contributed by atoms with van der Waals surface area (Å²) in [7, 11) is 0. The molecular formula is C23H32N4OS. The number of hydrogen-bond donors (Lipinski definition) is 0. The average Bonchev–Trinajstić information content (AvgIpc) is 3.54. The highest BCUT2D eigenvalue weighted by molar-refractivity contribution is 7.19. The SMILES string of the molecule is CCN(CC)C(=O)C1CCCN(c2nc(C3CC3)nc3sc4c(c23)CCCC4)C1. The first-order valence-electron chi connectivity index (χ1n) is 11.6. The second-order valence-electron chi connectivity index (χ2n) is 8.87. The minimum Gasteiger partial charge on any atom is -0.355 e. The number of carbonyl (C=O) groups excluding carboxylic acids is 1. The van der Waals surface area contributed by atoms with Crippen LogP contribution in [0, 0.1) is 5.92 Å². The van der Waals surface area contributed by atoms with Crippen molar-refractivity contribution in [1.82, 2.24) is 14.9 Å². The Morgan fingerprint density at radius 1 is 1.10 bits per heavy atom. The summed E-state index contributed by atoms with van der Waals surface area (Å²) in [6, 6.07) is 0. The Labute approximate surface area is 177 Å². The second-order valence-corrected chi connectivity index (χ2v) is 9.95. The largest absolute Gasteiger partial charge is 0.355 e. The van der Waals surface area contributed by atoms with Gasteiger partial charge in [0.25, 0.3) is 0 Å². The highest BCUT2D eigenvalue weighted by Crippen LogP contribution is 2.44. The van der Waals surface area contributed by atoms with Crippen LogP contribution < -0.4 is 4.90 Å². The van der Waals surface area contributed by atoms with Gasteiger partial charge in [-0.2, -0.15) is 0 Å². The maximum Gasteiger partial charge on any atom is 0.227 e. The Morgan fingerprint density at radius 2 is 1.90 bits per heavy atom. The van der Waals surface area contributed by atoms with E-state index in [4.69, 9.17) is 9.97 Å². The molecule has 3 aliphatic rings. The smallest absolute Gasteiger partial charge is 0.227 e. The molecule has 0 bridgehead atoms. The molecule has 0 radical (unpaired) electrons. The van der Waals surface area contributed by atoms with Gasteiger partial charge in [-0.15, -0.1) is 11.3 Å². The number of hydrogen-bond acceptors (Lipinski definition) is 5. The van der Waals surface area contributed by atoms with Gasteiger partial charge in [0, 0.05) is 37.0 Å². The van der Waals surface area contributed by atoms with Crippen molar-refractivity contribution in [3.05, 3.63) is 16.3 Å². The van der Waals surface area contributed by atoms with E-state index in [0.29, 0.717) is 11.8 Å². The van der Waals surface area contributed by atoms with Crippen molar-refractivity contribution in [3.8, 4) is 0 Å². The van der Waals surface area contributed by atoms with Crippen LogP contribution in [0.15, 0.2) is 0 Å². The van der Waals surface area contributed by atoms with Gasteiger partial charge < -0.3 is 9.80 Å². The first-order valence-corrected chi connectivity index (χ1v) is 12.4.